The maximum Gasteiger partial charge on any atom is 0.446 e. The van der Waals surface area contributed by atoms with E-state index in [-0.39, 0.29) is 5.56 Å². The second-order valence-electron chi connectivity index (χ2n) is 5.10. The van der Waals surface area contributed by atoms with Gasteiger partial charge in [0.25, 0.3) is 10.1 Å². The van der Waals surface area contributed by atoms with Gasteiger partial charge in [-0.2, -0.15) is 21.6 Å². The highest BCUT2D eigenvalue weighted by Crippen LogP contribution is 2.49. The summed E-state index contributed by atoms with van der Waals surface area (Å²) in [7, 11) is -7.45. The van der Waals surface area contributed by atoms with Gasteiger partial charge >= 0.3 is 13.1 Å². The van der Waals surface area contributed by atoms with Gasteiger partial charge in [0.1, 0.15) is 4.90 Å². The molecule has 144 valence electrons. The van der Waals surface area contributed by atoms with Crippen LogP contribution in [0.3, 0.4) is 0 Å². The van der Waals surface area contributed by atoms with Gasteiger partial charge in [0, 0.05) is 12.0 Å². The summed E-state index contributed by atoms with van der Waals surface area (Å²) in [6.45, 7) is 4.44. The van der Waals surface area contributed by atoms with Crippen molar-refractivity contribution in [3.8, 4) is 0 Å². The average molecular weight is 422 g/mol. The van der Waals surface area contributed by atoms with Crippen molar-refractivity contribution in [1.29, 1.82) is 0 Å². The van der Waals surface area contributed by atoms with E-state index in [9.17, 15) is 26.2 Å². The first kappa shape index (κ1) is 22.5. The van der Waals surface area contributed by atoms with Crippen LogP contribution in [0.15, 0.2) is 28.0 Å². The molecule has 6 nitrogen and oxygen atoms in total. The Hall–Kier alpha value is -0.580. The van der Waals surface area contributed by atoms with E-state index in [0.717, 1.165) is 13.2 Å². The van der Waals surface area contributed by atoms with Crippen molar-refractivity contribution in [2.45, 2.75) is 42.2 Å². The molecule has 0 aliphatic rings. The van der Waals surface area contributed by atoms with Gasteiger partial charge in [-0.3, -0.25) is 8.75 Å². The summed E-state index contributed by atoms with van der Waals surface area (Å²) in [6, 6.07) is 3.64. The summed E-state index contributed by atoms with van der Waals surface area (Å²) in [5, 5.41) is 0. The van der Waals surface area contributed by atoms with E-state index in [1.807, 2.05) is 0 Å². The van der Waals surface area contributed by atoms with Gasteiger partial charge in [-0.05, 0) is 44.2 Å². The Bertz CT molecular complexity index is 749. The largest absolute Gasteiger partial charge is 0.446 e. The minimum Gasteiger partial charge on any atom is -0.310 e. The molecule has 12 heteroatoms. The van der Waals surface area contributed by atoms with Crippen LogP contribution in [0.4, 0.5) is 13.2 Å². The van der Waals surface area contributed by atoms with Crippen LogP contribution in [0.1, 0.15) is 19.4 Å². The van der Waals surface area contributed by atoms with E-state index in [1.54, 1.807) is 13.8 Å². The third kappa shape index (κ3) is 6.92. The highest BCUT2D eigenvalue weighted by Gasteiger charge is 2.35. The van der Waals surface area contributed by atoms with Crippen LogP contribution in [0.5, 0.6) is 0 Å². The Kier molecular flexibility index (Phi) is 7.55. The van der Waals surface area contributed by atoms with Crippen LogP contribution in [0.2, 0.25) is 0 Å². The van der Waals surface area contributed by atoms with Crippen molar-refractivity contribution in [3.63, 3.8) is 0 Å². The third-order valence-electron chi connectivity index (χ3n) is 2.67. The molecular formula is C13H18F3O6PS2. The molecule has 0 aliphatic heterocycles. The number of hydrogen-bond acceptors (Lipinski definition) is 7. The van der Waals surface area contributed by atoms with E-state index in [1.165, 1.54) is 19.1 Å². The molecule has 0 N–H and O–H groups in total. The number of hydrogen-bond donors (Lipinski definition) is 0. The van der Waals surface area contributed by atoms with Crippen molar-refractivity contribution in [3.05, 3.63) is 23.8 Å². The predicted octanol–water partition coefficient (Wildman–Crippen LogP) is 4.53. The van der Waals surface area contributed by atoms with Crippen molar-refractivity contribution in [1.82, 2.24) is 0 Å². The summed E-state index contributed by atoms with van der Waals surface area (Å²) in [5.74, 6) is 0. The third-order valence-corrected chi connectivity index (χ3v) is 6.98. The lowest BCUT2D eigenvalue weighted by Gasteiger charge is -2.19. The smallest absolute Gasteiger partial charge is 0.310 e. The van der Waals surface area contributed by atoms with Crippen molar-refractivity contribution >= 4 is 29.5 Å². The van der Waals surface area contributed by atoms with Gasteiger partial charge in [0.15, 0.2) is 6.35 Å². The lowest BCUT2D eigenvalue weighted by Crippen LogP contribution is -2.14. The van der Waals surface area contributed by atoms with E-state index >= 15 is 0 Å². The maximum absolute atomic E-state index is 12.7. The van der Waals surface area contributed by atoms with Gasteiger partial charge < -0.3 is 9.05 Å². The lowest BCUT2D eigenvalue weighted by atomic mass is 10.2. The average Bonchev–Trinajstić information content (AvgIpc) is 2.42. The second kappa shape index (κ2) is 8.41. The molecule has 0 saturated carbocycles. The zero-order valence-corrected chi connectivity index (χ0v) is 16.4. The van der Waals surface area contributed by atoms with Crippen LogP contribution in [-0.4, -0.2) is 33.5 Å². The molecule has 1 aromatic carbocycles. The summed E-state index contributed by atoms with van der Waals surface area (Å²) < 4.78 is 89.4. The quantitative estimate of drug-likeness (QED) is 0.346. The van der Waals surface area contributed by atoms with E-state index in [2.05, 4.69) is 8.71 Å². The SMILES string of the molecule is COP(=O)(COS(=O)(=O)c1c(C)cccc1SC(F)(F)F)OC(C)C. The number of benzene rings is 1. The molecule has 0 saturated heterocycles. The van der Waals surface area contributed by atoms with Gasteiger partial charge in [0.2, 0.25) is 0 Å². The first-order valence-corrected chi connectivity index (χ1v) is 10.8. The molecule has 0 aromatic heterocycles. The summed E-state index contributed by atoms with van der Waals surface area (Å²) >= 11 is -0.573. The highest BCUT2D eigenvalue weighted by molar-refractivity contribution is 8.00. The highest BCUT2D eigenvalue weighted by atomic mass is 32.2. The first-order valence-electron chi connectivity index (χ1n) is 6.87. The number of halogens is 3. The monoisotopic (exact) mass is 422 g/mol. The molecule has 0 spiro atoms. The summed E-state index contributed by atoms with van der Waals surface area (Å²) in [5.41, 5.74) is -4.62. The van der Waals surface area contributed by atoms with E-state index in [4.69, 9.17) is 4.52 Å². The topological polar surface area (TPSA) is 78.9 Å². The molecular weight excluding hydrogens is 404 g/mol. The molecule has 1 aromatic rings. The van der Waals surface area contributed by atoms with Crippen LogP contribution >= 0.6 is 19.4 Å². The van der Waals surface area contributed by atoms with Crippen LogP contribution in [0, 0.1) is 6.92 Å². The van der Waals surface area contributed by atoms with Gasteiger partial charge in [-0.1, -0.05) is 12.1 Å². The van der Waals surface area contributed by atoms with Crippen molar-refractivity contribution in [2.24, 2.45) is 0 Å². The number of rotatable bonds is 8. The predicted molar refractivity (Wildman–Crippen MR) is 87.1 cm³/mol. The Balaban J connectivity index is 3.16. The van der Waals surface area contributed by atoms with Crippen LogP contribution in [-0.2, 0) is 27.9 Å². The van der Waals surface area contributed by atoms with Gasteiger partial charge in [-0.15, -0.1) is 0 Å². The fourth-order valence-corrected chi connectivity index (χ4v) is 5.73. The van der Waals surface area contributed by atoms with Crippen LogP contribution < -0.4 is 0 Å². The Morgan fingerprint density at radius 1 is 1.28 bits per heavy atom. The minimum absolute atomic E-state index is 0.0614. The molecule has 0 radical (unpaired) electrons. The number of thioether (sulfide) groups is 1. The molecule has 1 rings (SSSR count). The number of aryl methyl sites for hydroxylation is 1. The van der Waals surface area contributed by atoms with Gasteiger partial charge in [0.05, 0.1) is 6.10 Å². The summed E-state index contributed by atoms with van der Waals surface area (Å²) in [6.07, 6.45) is -1.49. The normalized spacial score (nSPS) is 15.4. The molecule has 0 heterocycles. The second-order valence-corrected chi connectivity index (χ2v) is 9.81. The molecule has 0 fully saturated rings. The fraction of sp³-hybridized carbons (Fsp3) is 0.538. The maximum atomic E-state index is 12.7. The van der Waals surface area contributed by atoms with Crippen molar-refractivity contribution in [2.75, 3.05) is 13.5 Å². The fourth-order valence-electron chi connectivity index (χ4n) is 1.79. The zero-order chi connectivity index (χ0) is 19.5. The molecule has 25 heavy (non-hydrogen) atoms. The first-order chi connectivity index (χ1) is 11.3. The molecule has 0 bridgehead atoms. The van der Waals surface area contributed by atoms with E-state index < -0.39 is 57.2 Å². The number of alkyl halides is 3. The standard InChI is InChI=1S/C13H18F3O6PS2/c1-9(2)22-23(17,20-4)8-21-25(18,19)12-10(3)6-5-7-11(12)24-13(14,15)16/h5-7,9H,8H2,1-4H3. The lowest BCUT2D eigenvalue weighted by molar-refractivity contribution is -0.0329. The van der Waals surface area contributed by atoms with Crippen molar-refractivity contribution < 1.29 is 39.4 Å². The van der Waals surface area contributed by atoms with Gasteiger partial charge in [-0.25, -0.2) is 0 Å². The molecule has 1 unspecified atom stereocenters. The Morgan fingerprint density at radius 2 is 1.88 bits per heavy atom. The minimum atomic E-state index is -4.68. The molecule has 1 atom stereocenters. The Labute approximate surface area is 148 Å². The zero-order valence-electron chi connectivity index (χ0n) is 13.9. The Morgan fingerprint density at radius 3 is 2.36 bits per heavy atom. The molecule has 0 amide bonds. The summed E-state index contributed by atoms with van der Waals surface area (Å²) in [4.78, 5) is -1.17. The van der Waals surface area contributed by atoms with Crippen LogP contribution in [0.25, 0.3) is 0 Å². The molecule has 0 aliphatic carbocycles. The van der Waals surface area contributed by atoms with E-state index in [0.29, 0.717) is 0 Å².